The van der Waals surface area contributed by atoms with Crippen molar-refractivity contribution in [3.8, 4) is 0 Å². The van der Waals surface area contributed by atoms with Gasteiger partial charge in [-0.3, -0.25) is 15.0 Å². The lowest BCUT2D eigenvalue weighted by atomic mass is 10.0. The summed E-state index contributed by atoms with van der Waals surface area (Å²) in [6, 6.07) is 17.3. The van der Waals surface area contributed by atoms with Gasteiger partial charge in [0.2, 0.25) is 11.3 Å². The monoisotopic (exact) mass is 881 g/mol. The van der Waals surface area contributed by atoms with E-state index in [9.17, 15) is 29.1 Å². The first-order valence-electron chi connectivity index (χ1n) is 20.9. The summed E-state index contributed by atoms with van der Waals surface area (Å²) in [5.74, 6) is -2.72. The maximum Gasteiger partial charge on any atom is 0.410 e. The summed E-state index contributed by atoms with van der Waals surface area (Å²) < 4.78 is 29.4. The van der Waals surface area contributed by atoms with E-state index in [1.54, 1.807) is 46.9 Å². The Morgan fingerprint density at radius 2 is 1.64 bits per heavy atom. The molecule has 338 valence electrons. The Morgan fingerprint density at radius 1 is 0.953 bits per heavy atom. The van der Waals surface area contributed by atoms with Gasteiger partial charge in [-0.15, -0.1) is 5.10 Å². The molecule has 0 aliphatic carbocycles. The van der Waals surface area contributed by atoms with Crippen LogP contribution < -0.4 is 32.0 Å². The fourth-order valence-electron chi connectivity index (χ4n) is 7.29. The molecule has 0 radical (unpaired) electrons. The number of ether oxygens (including phenoxy) is 2. The Morgan fingerprint density at radius 3 is 2.30 bits per heavy atom. The van der Waals surface area contributed by atoms with Crippen molar-refractivity contribution in [2.24, 2.45) is 11.7 Å². The molecule has 0 saturated carbocycles. The van der Waals surface area contributed by atoms with E-state index in [4.69, 9.17) is 20.6 Å². The molecule has 3 heterocycles. The molecule has 7 N–H and O–H groups in total. The van der Waals surface area contributed by atoms with E-state index in [-0.39, 0.29) is 55.2 Å². The minimum Gasteiger partial charge on any atom is -0.477 e. The first-order valence-corrected chi connectivity index (χ1v) is 20.9. The number of fused-ring (bicyclic) bond motifs is 1. The van der Waals surface area contributed by atoms with Crippen molar-refractivity contribution in [2.45, 2.75) is 65.5 Å². The minimum atomic E-state index is -1.38. The maximum atomic E-state index is 15.4. The Labute approximate surface area is 367 Å². The van der Waals surface area contributed by atoms with E-state index in [1.165, 1.54) is 21.8 Å². The number of rotatable bonds is 17. The van der Waals surface area contributed by atoms with Crippen LogP contribution in [-0.4, -0.2) is 92.3 Å². The number of carboxylic acids is 1. The van der Waals surface area contributed by atoms with Gasteiger partial charge in [0, 0.05) is 56.5 Å². The number of nitrogens with two attached hydrogens (primary N) is 1. The molecule has 0 unspecified atom stereocenters. The fourth-order valence-corrected chi connectivity index (χ4v) is 7.29. The third kappa shape index (κ3) is 11.5. The number of aromatic nitrogens is 4. The van der Waals surface area contributed by atoms with Crippen LogP contribution in [0.15, 0.2) is 83.9 Å². The average Bonchev–Trinajstić information content (AvgIpc) is 3.76. The topological polar surface area (TPSA) is 252 Å². The van der Waals surface area contributed by atoms with Gasteiger partial charge in [-0.05, 0) is 61.1 Å². The molecule has 2 atom stereocenters. The summed E-state index contributed by atoms with van der Waals surface area (Å²) in [7, 11) is 0. The molecule has 1 saturated heterocycles. The molecule has 5 aromatic rings. The van der Waals surface area contributed by atoms with Crippen LogP contribution in [-0.2, 0) is 34.0 Å². The molecule has 1 fully saturated rings. The van der Waals surface area contributed by atoms with Gasteiger partial charge >= 0.3 is 18.2 Å². The first-order chi connectivity index (χ1) is 30.7. The Hall–Kier alpha value is -7.51. The average molecular weight is 882 g/mol. The Balaban J connectivity index is 1.03. The van der Waals surface area contributed by atoms with Gasteiger partial charge in [0.05, 0.1) is 23.4 Å². The second kappa shape index (κ2) is 21.0. The van der Waals surface area contributed by atoms with Gasteiger partial charge < -0.3 is 50.6 Å². The van der Waals surface area contributed by atoms with Crippen LogP contribution in [0.5, 0.6) is 0 Å². The third-order valence-electron chi connectivity index (χ3n) is 10.8. The zero-order chi connectivity index (χ0) is 45.9. The highest BCUT2D eigenvalue weighted by molar-refractivity contribution is 5.94. The highest BCUT2D eigenvalue weighted by Crippen LogP contribution is 2.27. The number of guanidine groups is 1. The standard InChI is InChI=1S/C44H52FN11O8/c1-4-53-23-32(41(59)60)39(57)31-21-33(45)37(22-36(31)53)54-17-19-55(20-18-54)44(62)64-26-29-12-14-30(15-13-29)49-40(58)35(11-8-16-48-42(46)47)56-24-34(51-52-56)38(27(2)3)50-43(61)63-25-28-9-6-5-7-10-28/h5-7,9-10,12-15,21-24,27,35,38H,4,8,11,16-20,25-26H2,1-3H3,(H,49,58)(H,50,61)(H,59,60)(H4,46,47,48)/t35-,38-/m0/s1. The molecule has 1 aliphatic heterocycles. The van der Waals surface area contributed by atoms with Gasteiger partial charge in [0.25, 0.3) is 0 Å². The minimum absolute atomic E-state index is 0.0215. The van der Waals surface area contributed by atoms with E-state index in [1.807, 2.05) is 44.2 Å². The number of nitrogens with zero attached hydrogens (tertiary/aromatic N) is 6. The van der Waals surface area contributed by atoms with Crippen LogP contribution >= 0.6 is 0 Å². The highest BCUT2D eigenvalue weighted by Gasteiger charge is 2.28. The zero-order valence-corrected chi connectivity index (χ0v) is 35.8. The van der Waals surface area contributed by atoms with Crippen LogP contribution in [0.4, 0.5) is 25.4 Å². The summed E-state index contributed by atoms with van der Waals surface area (Å²) in [6.45, 7) is 7.46. The van der Waals surface area contributed by atoms with Crippen molar-refractivity contribution in [3.63, 3.8) is 0 Å². The van der Waals surface area contributed by atoms with Gasteiger partial charge in [0.1, 0.15) is 36.3 Å². The number of alkyl carbamates (subject to hydrolysis) is 1. The van der Waals surface area contributed by atoms with Gasteiger partial charge in [0.15, 0.2) is 5.96 Å². The number of aromatic carboxylic acids is 1. The lowest BCUT2D eigenvalue weighted by Gasteiger charge is -2.35. The number of halogens is 1. The summed E-state index contributed by atoms with van der Waals surface area (Å²) in [6.07, 6.45) is 2.48. The van der Waals surface area contributed by atoms with Crippen molar-refractivity contribution in [3.05, 3.63) is 118 Å². The van der Waals surface area contributed by atoms with Crippen LogP contribution in [0.2, 0.25) is 0 Å². The van der Waals surface area contributed by atoms with E-state index in [0.717, 1.165) is 11.6 Å². The molecule has 0 bridgehead atoms. The number of carboxylic acid groups (broad SMARTS) is 1. The van der Waals surface area contributed by atoms with Crippen LogP contribution in [0.25, 0.3) is 10.9 Å². The number of hydrogen-bond donors (Lipinski definition) is 6. The predicted octanol–water partition coefficient (Wildman–Crippen LogP) is 4.98. The smallest absolute Gasteiger partial charge is 0.410 e. The van der Waals surface area contributed by atoms with Crippen LogP contribution in [0, 0.1) is 17.1 Å². The molecule has 1 aliphatic rings. The van der Waals surface area contributed by atoms with Crippen molar-refractivity contribution in [2.75, 3.05) is 42.9 Å². The van der Waals surface area contributed by atoms with Gasteiger partial charge in [-0.1, -0.05) is 61.5 Å². The van der Waals surface area contributed by atoms with Crippen molar-refractivity contribution in [1.29, 1.82) is 5.41 Å². The van der Waals surface area contributed by atoms with Gasteiger partial charge in [-0.25, -0.2) is 23.5 Å². The molecule has 64 heavy (non-hydrogen) atoms. The van der Waals surface area contributed by atoms with E-state index < -0.39 is 47.0 Å². The number of carbonyl (C=O) groups is 4. The number of anilines is 2. The number of pyridine rings is 1. The van der Waals surface area contributed by atoms with Crippen molar-refractivity contribution >= 4 is 52.3 Å². The number of carbonyl (C=O) groups excluding carboxylic acids is 3. The molecule has 6 rings (SSSR count). The first kappa shape index (κ1) is 46.0. The zero-order valence-electron chi connectivity index (χ0n) is 35.8. The van der Waals surface area contributed by atoms with E-state index in [0.29, 0.717) is 61.5 Å². The highest BCUT2D eigenvalue weighted by atomic mass is 19.1. The Bertz CT molecular complexity index is 2520. The summed E-state index contributed by atoms with van der Waals surface area (Å²) in [5, 5.41) is 34.0. The van der Waals surface area contributed by atoms with Crippen LogP contribution in [0.1, 0.15) is 72.9 Å². The molecule has 2 aromatic heterocycles. The lowest BCUT2D eigenvalue weighted by Crippen LogP contribution is -2.49. The van der Waals surface area contributed by atoms with Crippen molar-refractivity contribution in [1.82, 2.24) is 35.1 Å². The summed E-state index contributed by atoms with van der Waals surface area (Å²) in [4.78, 5) is 67.2. The lowest BCUT2D eigenvalue weighted by molar-refractivity contribution is -0.119. The SMILES string of the molecule is CCn1cc(C(=O)O)c(=O)c2cc(F)c(N3CCN(C(=O)OCc4ccc(NC(=O)[C@H](CCCNC(=N)N)n5cc([C@@H](NC(=O)OCc6ccccc6)C(C)C)nn5)cc4)CC3)cc21. The molecule has 0 spiro atoms. The number of nitrogens with one attached hydrogen (secondary N) is 4. The maximum absolute atomic E-state index is 15.4. The number of benzene rings is 3. The number of hydrogen-bond acceptors (Lipinski definition) is 11. The normalized spacial score (nSPS) is 13.6. The van der Waals surface area contributed by atoms with E-state index >= 15 is 4.39 Å². The quantitative estimate of drug-likeness (QED) is 0.0410. The summed E-state index contributed by atoms with van der Waals surface area (Å²) in [5.41, 5.74) is 7.34. The molecular formula is C44H52FN11O8. The predicted molar refractivity (Wildman–Crippen MR) is 235 cm³/mol. The third-order valence-corrected chi connectivity index (χ3v) is 10.8. The van der Waals surface area contributed by atoms with Crippen molar-refractivity contribution < 1.29 is 38.1 Å². The molecule has 3 aromatic carbocycles. The fraction of sp³-hybridized carbons (Fsp3) is 0.364. The van der Waals surface area contributed by atoms with E-state index in [2.05, 4.69) is 26.3 Å². The molecule has 19 nitrogen and oxygen atoms in total. The van der Waals surface area contributed by atoms with Crippen LogP contribution in [0.3, 0.4) is 0 Å². The summed E-state index contributed by atoms with van der Waals surface area (Å²) >= 11 is 0. The number of piperazine rings is 1. The molecular weight excluding hydrogens is 830 g/mol. The number of amides is 3. The second-order valence-corrected chi connectivity index (χ2v) is 15.5. The second-order valence-electron chi connectivity index (χ2n) is 15.5. The van der Waals surface area contributed by atoms with Gasteiger partial charge in [-0.2, -0.15) is 0 Å². The number of aryl methyl sites for hydroxylation is 1. The molecule has 3 amide bonds. The largest absolute Gasteiger partial charge is 0.477 e. The Kier molecular flexibility index (Phi) is 15.1. The molecule has 20 heteroatoms.